The van der Waals surface area contributed by atoms with E-state index in [0.717, 1.165) is 16.6 Å². The second kappa shape index (κ2) is 11.0. The molecule has 7 nitrogen and oxygen atoms in total. The zero-order valence-electron chi connectivity index (χ0n) is 17.5. The molecule has 8 heteroatoms. The Balaban J connectivity index is 1.95. The highest BCUT2D eigenvalue weighted by molar-refractivity contribution is 9.10. The first-order valence-electron chi connectivity index (χ1n) is 9.74. The summed E-state index contributed by atoms with van der Waals surface area (Å²) in [6.45, 7) is 6.64. The number of nitrogens with zero attached hydrogens (tertiary/aromatic N) is 2. The maximum Gasteiger partial charge on any atom is 0.410 e. The first-order chi connectivity index (χ1) is 14.1. The van der Waals surface area contributed by atoms with E-state index in [0.29, 0.717) is 25.1 Å². The van der Waals surface area contributed by atoms with Crippen molar-refractivity contribution in [3.63, 3.8) is 0 Å². The number of amides is 1. The van der Waals surface area contributed by atoms with Crippen LogP contribution in [0.3, 0.4) is 0 Å². The molecule has 0 radical (unpaired) electrons. The van der Waals surface area contributed by atoms with Crippen molar-refractivity contribution in [2.24, 2.45) is 0 Å². The number of rotatable bonds is 9. The number of unbranched alkanes of at least 4 members (excludes halogenated alkanes) is 1. The van der Waals surface area contributed by atoms with Crippen LogP contribution < -0.4 is 4.74 Å². The van der Waals surface area contributed by atoms with Crippen molar-refractivity contribution in [2.75, 3.05) is 13.2 Å². The minimum Gasteiger partial charge on any atom is -0.494 e. The molecular formula is C22H27BrN2O5. The van der Waals surface area contributed by atoms with Crippen molar-refractivity contribution in [3.8, 4) is 5.75 Å². The number of non-ortho nitro benzene ring substituents is 1. The van der Waals surface area contributed by atoms with Crippen LogP contribution >= 0.6 is 15.9 Å². The van der Waals surface area contributed by atoms with Gasteiger partial charge in [-0.3, -0.25) is 10.1 Å². The van der Waals surface area contributed by atoms with Crippen LogP contribution in [-0.2, 0) is 11.3 Å². The van der Waals surface area contributed by atoms with Gasteiger partial charge >= 0.3 is 6.09 Å². The molecule has 0 spiro atoms. The van der Waals surface area contributed by atoms with Crippen LogP contribution in [0.4, 0.5) is 10.5 Å². The third-order valence-electron chi connectivity index (χ3n) is 4.03. The minimum atomic E-state index is -0.623. The molecule has 0 bridgehead atoms. The number of carbonyl (C=O) groups excluding carboxylic acids is 1. The van der Waals surface area contributed by atoms with Crippen molar-refractivity contribution in [3.05, 3.63) is 68.7 Å². The van der Waals surface area contributed by atoms with Crippen LogP contribution in [0.2, 0.25) is 0 Å². The molecule has 0 aliphatic carbocycles. The Bertz CT molecular complexity index is 867. The van der Waals surface area contributed by atoms with E-state index in [-0.39, 0.29) is 12.2 Å². The molecule has 162 valence electrons. The van der Waals surface area contributed by atoms with Gasteiger partial charge in [0.05, 0.1) is 11.5 Å². The van der Waals surface area contributed by atoms with Crippen molar-refractivity contribution < 1.29 is 19.2 Å². The van der Waals surface area contributed by atoms with Gasteiger partial charge in [0.25, 0.3) is 5.69 Å². The molecule has 0 aromatic heterocycles. The fourth-order valence-corrected chi connectivity index (χ4v) is 3.08. The van der Waals surface area contributed by atoms with Crippen molar-refractivity contribution in [2.45, 2.75) is 45.8 Å². The molecule has 0 aliphatic rings. The molecule has 2 rings (SSSR count). The van der Waals surface area contributed by atoms with Crippen LogP contribution in [0.15, 0.2) is 53.0 Å². The topological polar surface area (TPSA) is 81.9 Å². The normalized spacial score (nSPS) is 11.1. The van der Waals surface area contributed by atoms with Gasteiger partial charge in [0.15, 0.2) is 0 Å². The van der Waals surface area contributed by atoms with Crippen LogP contribution in [-0.4, -0.2) is 34.7 Å². The molecule has 30 heavy (non-hydrogen) atoms. The SMILES string of the molecule is CC(C)(C)OC(=O)N(CCCCOc1cccc(Br)c1)Cc1cccc([N+](=O)[O-])c1. The average Bonchev–Trinajstić information content (AvgIpc) is 2.65. The Morgan fingerprint density at radius 3 is 2.53 bits per heavy atom. The van der Waals surface area contributed by atoms with E-state index in [9.17, 15) is 14.9 Å². The molecule has 2 aromatic carbocycles. The molecule has 0 N–H and O–H groups in total. The summed E-state index contributed by atoms with van der Waals surface area (Å²) in [5, 5.41) is 11.0. The third-order valence-corrected chi connectivity index (χ3v) is 4.53. The number of ether oxygens (including phenoxy) is 2. The number of nitro groups is 1. The van der Waals surface area contributed by atoms with Gasteiger partial charge in [-0.15, -0.1) is 0 Å². The van der Waals surface area contributed by atoms with Gasteiger partial charge in [-0.2, -0.15) is 0 Å². The highest BCUT2D eigenvalue weighted by Crippen LogP contribution is 2.19. The van der Waals surface area contributed by atoms with Gasteiger partial charge in [0.2, 0.25) is 0 Å². The van der Waals surface area contributed by atoms with Crippen molar-refractivity contribution >= 4 is 27.7 Å². The smallest absolute Gasteiger partial charge is 0.410 e. The van der Waals surface area contributed by atoms with Crippen molar-refractivity contribution in [1.82, 2.24) is 4.90 Å². The highest BCUT2D eigenvalue weighted by Gasteiger charge is 2.22. The molecule has 0 atom stereocenters. The summed E-state index contributed by atoms with van der Waals surface area (Å²) in [4.78, 5) is 24.8. The average molecular weight is 479 g/mol. The summed E-state index contributed by atoms with van der Waals surface area (Å²) < 4.78 is 12.2. The summed E-state index contributed by atoms with van der Waals surface area (Å²) >= 11 is 3.41. The van der Waals surface area contributed by atoms with Gasteiger partial charge in [-0.05, 0) is 57.4 Å². The molecule has 0 heterocycles. The van der Waals surface area contributed by atoms with Gasteiger partial charge in [0.1, 0.15) is 11.4 Å². The van der Waals surface area contributed by atoms with Crippen LogP contribution in [0.25, 0.3) is 0 Å². The van der Waals surface area contributed by atoms with Gasteiger partial charge in [-0.25, -0.2) is 4.79 Å². The number of hydrogen-bond donors (Lipinski definition) is 0. The first kappa shape index (κ1) is 23.7. The van der Waals surface area contributed by atoms with E-state index in [2.05, 4.69) is 15.9 Å². The van der Waals surface area contributed by atoms with Gasteiger partial charge < -0.3 is 14.4 Å². The number of carbonyl (C=O) groups is 1. The second-order valence-corrected chi connectivity index (χ2v) is 8.76. The quantitative estimate of drug-likeness (QED) is 0.252. The summed E-state index contributed by atoms with van der Waals surface area (Å²) in [5.41, 5.74) is 0.0569. The minimum absolute atomic E-state index is 0.000870. The van der Waals surface area contributed by atoms with Crippen LogP contribution in [0.1, 0.15) is 39.2 Å². The fraction of sp³-hybridized carbons (Fsp3) is 0.409. The molecule has 0 unspecified atom stereocenters. The predicted octanol–water partition coefficient (Wildman–Crippen LogP) is 5.95. The third kappa shape index (κ3) is 8.41. The lowest BCUT2D eigenvalue weighted by molar-refractivity contribution is -0.384. The summed E-state index contributed by atoms with van der Waals surface area (Å²) in [5.74, 6) is 0.782. The maximum atomic E-state index is 12.6. The number of hydrogen-bond acceptors (Lipinski definition) is 5. The number of benzene rings is 2. The second-order valence-electron chi connectivity index (χ2n) is 7.84. The zero-order valence-corrected chi connectivity index (χ0v) is 19.1. The van der Waals surface area contributed by atoms with Crippen LogP contribution in [0, 0.1) is 10.1 Å². The maximum absolute atomic E-state index is 12.6. The van der Waals surface area contributed by atoms with E-state index in [1.165, 1.54) is 12.1 Å². The summed E-state index contributed by atoms with van der Waals surface area (Å²) in [6, 6.07) is 13.9. The zero-order chi connectivity index (χ0) is 22.1. The van der Waals surface area contributed by atoms with E-state index >= 15 is 0 Å². The number of halogens is 1. The highest BCUT2D eigenvalue weighted by atomic mass is 79.9. The Hall–Kier alpha value is -2.61. The Morgan fingerprint density at radius 1 is 1.13 bits per heavy atom. The first-order valence-corrected chi connectivity index (χ1v) is 10.5. The monoisotopic (exact) mass is 478 g/mol. The Morgan fingerprint density at radius 2 is 1.87 bits per heavy atom. The lowest BCUT2D eigenvalue weighted by Gasteiger charge is -2.27. The van der Waals surface area contributed by atoms with E-state index < -0.39 is 16.6 Å². The molecule has 0 aliphatic heterocycles. The molecule has 2 aromatic rings. The predicted molar refractivity (Wildman–Crippen MR) is 119 cm³/mol. The Labute approximate surface area is 185 Å². The summed E-state index contributed by atoms with van der Waals surface area (Å²) in [6.07, 6.45) is 1.02. The molecule has 0 saturated carbocycles. The van der Waals surface area contributed by atoms with Crippen molar-refractivity contribution in [1.29, 1.82) is 0 Å². The molecular weight excluding hydrogens is 452 g/mol. The van der Waals surface area contributed by atoms with Gasteiger partial charge in [-0.1, -0.05) is 34.1 Å². The molecule has 0 fully saturated rings. The lowest BCUT2D eigenvalue weighted by Crippen LogP contribution is -2.37. The van der Waals surface area contributed by atoms with Crippen LogP contribution in [0.5, 0.6) is 5.75 Å². The largest absolute Gasteiger partial charge is 0.494 e. The molecule has 1 amide bonds. The van der Waals surface area contributed by atoms with E-state index in [1.807, 2.05) is 45.0 Å². The molecule has 0 saturated heterocycles. The fourth-order valence-electron chi connectivity index (χ4n) is 2.70. The van der Waals surface area contributed by atoms with Gasteiger partial charge in [0, 0.05) is 29.7 Å². The van der Waals surface area contributed by atoms with E-state index in [4.69, 9.17) is 9.47 Å². The van der Waals surface area contributed by atoms with E-state index in [1.54, 1.807) is 17.0 Å². The number of nitro benzene ring substituents is 1. The lowest BCUT2D eigenvalue weighted by atomic mass is 10.2. The summed E-state index contributed by atoms with van der Waals surface area (Å²) in [7, 11) is 0. The Kier molecular flexibility index (Phi) is 8.65. The standard InChI is InChI=1S/C22H27BrN2O5/c1-22(2,3)30-21(26)24(16-17-8-6-10-19(14-17)25(27)28)12-4-5-13-29-20-11-7-9-18(23)15-20/h6-11,14-15H,4-5,12-13,16H2,1-3H3.